The van der Waals surface area contributed by atoms with Crippen molar-refractivity contribution in [3.8, 4) is 0 Å². The molecule has 0 saturated carbocycles. The van der Waals surface area contributed by atoms with Crippen molar-refractivity contribution in [2.24, 2.45) is 0 Å². The highest BCUT2D eigenvalue weighted by Crippen LogP contribution is 2.31. The van der Waals surface area contributed by atoms with E-state index in [2.05, 4.69) is 5.32 Å². The summed E-state index contributed by atoms with van der Waals surface area (Å²) in [6, 6.07) is 9.09. The Kier molecular flexibility index (Phi) is 6.61. The second kappa shape index (κ2) is 7.72. The van der Waals surface area contributed by atoms with Crippen molar-refractivity contribution in [2.45, 2.75) is 23.1 Å². The van der Waals surface area contributed by atoms with E-state index < -0.39 is 9.89 Å². The molecule has 6 heteroatoms. The molecule has 0 aromatic heterocycles. The van der Waals surface area contributed by atoms with Crippen LogP contribution in [0.2, 0.25) is 0 Å². The summed E-state index contributed by atoms with van der Waals surface area (Å²) in [6.45, 7) is 0.305. The minimum atomic E-state index is -1.23. The number of hydrogen-bond donors (Lipinski definition) is 1. The van der Waals surface area contributed by atoms with Crippen LogP contribution in [0.5, 0.6) is 0 Å². The molecule has 1 amide bonds. The molecule has 0 heterocycles. The number of benzene rings is 1. The van der Waals surface area contributed by atoms with E-state index in [1.165, 1.54) is 0 Å². The molecule has 0 aliphatic heterocycles. The van der Waals surface area contributed by atoms with Crippen LogP contribution in [0.15, 0.2) is 30.3 Å². The first-order chi connectivity index (χ1) is 8.47. The maximum atomic E-state index is 11.4. The van der Waals surface area contributed by atoms with Gasteiger partial charge in [-0.1, -0.05) is 53.0 Å². The fourth-order valence-electron chi connectivity index (χ4n) is 1.27. The van der Waals surface area contributed by atoms with Gasteiger partial charge in [-0.15, -0.1) is 0 Å². The Morgan fingerprint density at radius 2 is 1.83 bits per heavy atom. The van der Waals surface area contributed by atoms with Crippen LogP contribution < -0.4 is 5.32 Å². The van der Waals surface area contributed by atoms with Crippen molar-refractivity contribution < 1.29 is 9.53 Å². The van der Waals surface area contributed by atoms with Crippen molar-refractivity contribution in [1.29, 1.82) is 0 Å². The van der Waals surface area contributed by atoms with Crippen LogP contribution in [0.4, 0.5) is 10.5 Å². The minimum absolute atomic E-state index is 0.305. The largest absolute Gasteiger partial charge is 0.449 e. The van der Waals surface area contributed by atoms with Crippen LogP contribution in [-0.4, -0.2) is 16.5 Å². The molecule has 0 aliphatic carbocycles. The van der Waals surface area contributed by atoms with E-state index in [0.29, 0.717) is 31.6 Å². The summed E-state index contributed by atoms with van der Waals surface area (Å²) >= 11 is 16.8. The van der Waals surface area contributed by atoms with Gasteiger partial charge in [0.15, 0.2) is 3.79 Å². The van der Waals surface area contributed by atoms with Crippen molar-refractivity contribution >= 4 is 46.6 Å². The van der Waals surface area contributed by atoms with Crippen LogP contribution in [0.3, 0.4) is 0 Å². The summed E-state index contributed by atoms with van der Waals surface area (Å²) in [7, 11) is 0. The number of ether oxygens (including phenoxy) is 1. The average Bonchev–Trinajstić information content (AvgIpc) is 2.28. The maximum Gasteiger partial charge on any atom is 0.411 e. The first kappa shape index (κ1) is 15.4. The van der Waals surface area contributed by atoms with E-state index in [1.807, 2.05) is 18.2 Å². The summed E-state index contributed by atoms with van der Waals surface area (Å²) in [4.78, 5) is 11.4. The van der Waals surface area contributed by atoms with Gasteiger partial charge in [0.05, 0.1) is 6.61 Å². The van der Waals surface area contributed by atoms with E-state index >= 15 is 0 Å². The maximum absolute atomic E-state index is 11.4. The van der Waals surface area contributed by atoms with Gasteiger partial charge in [-0.25, -0.2) is 4.79 Å². The molecular weight excluding hydrogens is 296 g/mol. The smallest absolute Gasteiger partial charge is 0.411 e. The molecule has 0 unspecified atom stereocenters. The zero-order valence-corrected chi connectivity index (χ0v) is 11.9. The van der Waals surface area contributed by atoms with Gasteiger partial charge in [-0.2, -0.15) is 0 Å². The molecule has 0 atom stereocenters. The standard InChI is InChI=1S/C12H14Cl3NO2/c13-12(14,15)8-4-5-9-18-11(17)16-10-6-2-1-3-7-10/h1-3,6-7H,4-5,8-9H2,(H,16,17). The molecule has 3 nitrogen and oxygen atoms in total. The Bertz CT molecular complexity index is 365. The third-order valence-corrected chi connectivity index (χ3v) is 2.67. The first-order valence-corrected chi connectivity index (χ1v) is 6.66. The Hall–Kier alpha value is -0.640. The Morgan fingerprint density at radius 1 is 1.17 bits per heavy atom. The van der Waals surface area contributed by atoms with Crippen LogP contribution in [0.1, 0.15) is 19.3 Å². The molecule has 100 valence electrons. The molecule has 1 rings (SSSR count). The lowest BCUT2D eigenvalue weighted by atomic mass is 10.3. The van der Waals surface area contributed by atoms with Crippen molar-refractivity contribution in [3.05, 3.63) is 30.3 Å². The number of hydrogen-bond acceptors (Lipinski definition) is 2. The van der Waals surface area contributed by atoms with Gasteiger partial charge < -0.3 is 4.74 Å². The van der Waals surface area contributed by atoms with E-state index in [-0.39, 0.29) is 0 Å². The van der Waals surface area contributed by atoms with E-state index in [9.17, 15) is 4.79 Å². The molecule has 1 aromatic carbocycles. The van der Waals surface area contributed by atoms with Crippen LogP contribution in [0, 0.1) is 0 Å². The van der Waals surface area contributed by atoms with E-state index in [0.717, 1.165) is 0 Å². The van der Waals surface area contributed by atoms with Gasteiger partial charge in [-0.05, 0) is 31.4 Å². The van der Waals surface area contributed by atoms with Gasteiger partial charge in [0.2, 0.25) is 0 Å². The summed E-state index contributed by atoms with van der Waals surface area (Å²) in [5, 5.41) is 2.61. The number of para-hydroxylation sites is 1. The fraction of sp³-hybridized carbons (Fsp3) is 0.417. The molecule has 18 heavy (non-hydrogen) atoms. The van der Waals surface area contributed by atoms with Crippen LogP contribution in [-0.2, 0) is 4.74 Å². The molecule has 0 bridgehead atoms. The quantitative estimate of drug-likeness (QED) is 0.628. The highest BCUT2D eigenvalue weighted by molar-refractivity contribution is 6.67. The van der Waals surface area contributed by atoms with Crippen LogP contribution >= 0.6 is 34.8 Å². The Balaban J connectivity index is 2.11. The third kappa shape index (κ3) is 7.64. The molecule has 0 radical (unpaired) electrons. The number of unbranched alkanes of at least 4 members (excludes halogenated alkanes) is 1. The highest BCUT2D eigenvalue weighted by atomic mass is 35.6. The molecule has 0 aliphatic rings. The fourth-order valence-corrected chi connectivity index (χ4v) is 1.67. The number of amides is 1. The molecule has 0 saturated heterocycles. The summed E-state index contributed by atoms with van der Waals surface area (Å²) < 4.78 is 3.75. The highest BCUT2D eigenvalue weighted by Gasteiger charge is 2.18. The second-order valence-electron chi connectivity index (χ2n) is 3.70. The second-order valence-corrected chi connectivity index (χ2v) is 6.22. The van der Waals surface area contributed by atoms with E-state index in [1.54, 1.807) is 12.1 Å². The van der Waals surface area contributed by atoms with Crippen LogP contribution in [0.25, 0.3) is 0 Å². The monoisotopic (exact) mass is 309 g/mol. The first-order valence-electron chi connectivity index (χ1n) is 5.53. The Labute approximate surface area is 121 Å². The predicted octanol–water partition coefficient (Wildman–Crippen LogP) is 4.78. The number of halogens is 3. The molecule has 0 spiro atoms. The number of alkyl halides is 3. The van der Waals surface area contributed by atoms with Crippen molar-refractivity contribution in [1.82, 2.24) is 0 Å². The topological polar surface area (TPSA) is 38.3 Å². The molecule has 1 aromatic rings. The molecule has 1 N–H and O–H groups in total. The lowest BCUT2D eigenvalue weighted by Crippen LogP contribution is -2.14. The normalized spacial score (nSPS) is 11.1. The van der Waals surface area contributed by atoms with Crippen molar-refractivity contribution in [2.75, 3.05) is 11.9 Å². The third-order valence-electron chi connectivity index (χ3n) is 2.11. The van der Waals surface area contributed by atoms with Gasteiger partial charge >= 0.3 is 6.09 Å². The summed E-state index contributed by atoms with van der Waals surface area (Å²) in [5.41, 5.74) is 0.698. The zero-order chi connectivity index (χ0) is 13.4. The number of anilines is 1. The van der Waals surface area contributed by atoms with Gasteiger partial charge in [0.25, 0.3) is 0 Å². The number of carbonyl (C=O) groups is 1. The number of carbonyl (C=O) groups excluding carboxylic acids is 1. The van der Waals surface area contributed by atoms with E-state index in [4.69, 9.17) is 39.5 Å². The molecule has 0 fully saturated rings. The van der Waals surface area contributed by atoms with Gasteiger partial charge in [-0.3, -0.25) is 5.32 Å². The number of rotatable bonds is 5. The lowest BCUT2D eigenvalue weighted by Gasteiger charge is -2.10. The average molecular weight is 311 g/mol. The SMILES string of the molecule is O=C(Nc1ccccc1)OCCCCC(Cl)(Cl)Cl. The summed E-state index contributed by atoms with van der Waals surface area (Å²) in [5.74, 6) is 0. The van der Waals surface area contributed by atoms with Gasteiger partial charge in [0, 0.05) is 5.69 Å². The molecular formula is C12H14Cl3NO2. The van der Waals surface area contributed by atoms with Crippen molar-refractivity contribution in [3.63, 3.8) is 0 Å². The summed E-state index contributed by atoms with van der Waals surface area (Å²) in [6.07, 6.45) is 1.32. The minimum Gasteiger partial charge on any atom is -0.449 e. The van der Waals surface area contributed by atoms with Gasteiger partial charge in [0.1, 0.15) is 0 Å². The lowest BCUT2D eigenvalue weighted by molar-refractivity contribution is 0.159. The zero-order valence-electron chi connectivity index (χ0n) is 9.67. The predicted molar refractivity (Wildman–Crippen MR) is 75.6 cm³/mol. The number of nitrogens with one attached hydrogen (secondary N) is 1. The Morgan fingerprint density at radius 3 is 2.44 bits per heavy atom.